The smallest absolute Gasteiger partial charge is 0.355 e. The Labute approximate surface area is 114 Å². The molecule has 1 amide bonds. The summed E-state index contributed by atoms with van der Waals surface area (Å²) in [7, 11) is 0. The molecule has 0 spiro atoms. The number of pyridine rings is 1. The molecule has 4 nitrogen and oxygen atoms in total. The van der Waals surface area contributed by atoms with Crippen molar-refractivity contribution in [2.75, 3.05) is 19.6 Å². The zero-order valence-electron chi connectivity index (χ0n) is 10.8. The Morgan fingerprint density at radius 2 is 2.30 bits per heavy atom. The van der Waals surface area contributed by atoms with E-state index in [0.29, 0.717) is 6.42 Å². The first-order valence-corrected chi connectivity index (χ1v) is 6.40. The summed E-state index contributed by atoms with van der Waals surface area (Å²) in [5.74, 6) is -0.945. The second-order valence-electron chi connectivity index (χ2n) is 4.87. The molecular formula is C13H16F3N3O. The van der Waals surface area contributed by atoms with Gasteiger partial charge >= 0.3 is 6.18 Å². The van der Waals surface area contributed by atoms with Gasteiger partial charge in [-0.25, -0.2) is 0 Å². The van der Waals surface area contributed by atoms with Crippen molar-refractivity contribution in [2.45, 2.75) is 19.0 Å². The molecule has 0 aromatic carbocycles. The van der Waals surface area contributed by atoms with E-state index in [1.807, 2.05) is 6.07 Å². The van der Waals surface area contributed by atoms with E-state index in [1.165, 1.54) is 0 Å². The number of nitrogens with one attached hydrogen (secondary N) is 2. The second kappa shape index (κ2) is 5.78. The van der Waals surface area contributed by atoms with Gasteiger partial charge in [-0.1, -0.05) is 6.07 Å². The Bertz CT molecular complexity index is 456. The number of carbonyl (C=O) groups excluding carboxylic acids is 1. The van der Waals surface area contributed by atoms with Crippen LogP contribution >= 0.6 is 0 Å². The number of halogens is 3. The highest BCUT2D eigenvalue weighted by Crippen LogP contribution is 2.43. The molecule has 0 radical (unpaired) electrons. The average Bonchev–Trinajstić information content (AvgIpc) is 2.90. The molecule has 1 atom stereocenters. The fourth-order valence-corrected chi connectivity index (χ4v) is 2.29. The van der Waals surface area contributed by atoms with Crippen LogP contribution in [0.25, 0.3) is 0 Å². The molecule has 1 aliphatic rings. The van der Waals surface area contributed by atoms with Crippen molar-refractivity contribution in [3.05, 3.63) is 30.1 Å². The van der Waals surface area contributed by atoms with Crippen LogP contribution < -0.4 is 10.6 Å². The van der Waals surface area contributed by atoms with Crippen molar-refractivity contribution in [1.82, 2.24) is 15.6 Å². The molecular weight excluding hydrogens is 271 g/mol. The van der Waals surface area contributed by atoms with Gasteiger partial charge in [-0.3, -0.25) is 9.78 Å². The van der Waals surface area contributed by atoms with E-state index in [9.17, 15) is 18.0 Å². The fourth-order valence-electron chi connectivity index (χ4n) is 2.29. The number of hydrogen-bond donors (Lipinski definition) is 2. The number of rotatable bonds is 4. The topological polar surface area (TPSA) is 54.0 Å². The van der Waals surface area contributed by atoms with Crippen molar-refractivity contribution < 1.29 is 18.0 Å². The lowest BCUT2D eigenvalue weighted by Crippen LogP contribution is -2.52. The van der Waals surface area contributed by atoms with Gasteiger partial charge in [-0.15, -0.1) is 0 Å². The predicted octanol–water partition coefficient (Wildman–Crippen LogP) is 1.28. The molecule has 2 heterocycles. The predicted molar refractivity (Wildman–Crippen MR) is 66.9 cm³/mol. The number of nitrogens with zero attached hydrogens (tertiary/aromatic N) is 1. The van der Waals surface area contributed by atoms with Crippen LogP contribution in [0.3, 0.4) is 0 Å². The molecule has 1 saturated heterocycles. The highest BCUT2D eigenvalue weighted by molar-refractivity contribution is 5.84. The van der Waals surface area contributed by atoms with Gasteiger partial charge in [0.25, 0.3) is 0 Å². The van der Waals surface area contributed by atoms with E-state index in [4.69, 9.17) is 0 Å². The lowest BCUT2D eigenvalue weighted by Gasteiger charge is -2.29. The van der Waals surface area contributed by atoms with Crippen LogP contribution in [0.2, 0.25) is 0 Å². The first-order chi connectivity index (χ1) is 9.46. The maximum absolute atomic E-state index is 13.1. The summed E-state index contributed by atoms with van der Waals surface area (Å²) >= 11 is 0. The van der Waals surface area contributed by atoms with Gasteiger partial charge in [0, 0.05) is 25.5 Å². The van der Waals surface area contributed by atoms with Gasteiger partial charge in [0.2, 0.25) is 5.91 Å². The van der Waals surface area contributed by atoms with E-state index >= 15 is 0 Å². The molecule has 1 aromatic rings. The maximum Gasteiger partial charge on any atom is 0.404 e. The third kappa shape index (κ3) is 2.92. The van der Waals surface area contributed by atoms with Crippen molar-refractivity contribution >= 4 is 5.91 Å². The number of hydrogen-bond acceptors (Lipinski definition) is 3. The molecule has 2 N–H and O–H groups in total. The summed E-state index contributed by atoms with van der Waals surface area (Å²) in [4.78, 5) is 15.8. The Hall–Kier alpha value is -1.63. The summed E-state index contributed by atoms with van der Waals surface area (Å²) in [6, 6.07) is 3.56. The summed E-state index contributed by atoms with van der Waals surface area (Å²) < 4.78 is 39.3. The third-order valence-electron chi connectivity index (χ3n) is 3.55. The van der Waals surface area contributed by atoms with Gasteiger partial charge < -0.3 is 10.6 Å². The van der Waals surface area contributed by atoms with Gasteiger partial charge in [-0.05, 0) is 31.0 Å². The summed E-state index contributed by atoms with van der Waals surface area (Å²) in [5.41, 5.74) is -1.42. The molecule has 0 aliphatic carbocycles. The quantitative estimate of drug-likeness (QED) is 0.877. The van der Waals surface area contributed by atoms with E-state index < -0.39 is 17.5 Å². The van der Waals surface area contributed by atoms with Crippen LogP contribution in [-0.4, -0.2) is 36.7 Å². The van der Waals surface area contributed by atoms with E-state index in [1.54, 1.807) is 18.5 Å². The lowest BCUT2D eigenvalue weighted by molar-refractivity contribution is -0.215. The Morgan fingerprint density at radius 1 is 1.50 bits per heavy atom. The van der Waals surface area contributed by atoms with Crippen LogP contribution in [-0.2, 0) is 11.2 Å². The SMILES string of the molecule is O=C(NCCc1cccnc1)C1(C(F)(F)F)CCNC1. The van der Waals surface area contributed by atoms with Gasteiger partial charge in [0.05, 0.1) is 0 Å². The number of alkyl halides is 3. The molecule has 1 aromatic heterocycles. The Balaban J connectivity index is 1.93. The second-order valence-corrected chi connectivity index (χ2v) is 4.87. The van der Waals surface area contributed by atoms with Crippen LogP contribution in [0.5, 0.6) is 0 Å². The van der Waals surface area contributed by atoms with Gasteiger partial charge in [0.1, 0.15) is 0 Å². The first-order valence-electron chi connectivity index (χ1n) is 6.40. The summed E-state index contributed by atoms with van der Waals surface area (Å²) in [6.07, 6.45) is -1.04. The highest BCUT2D eigenvalue weighted by atomic mass is 19.4. The highest BCUT2D eigenvalue weighted by Gasteiger charge is 2.61. The zero-order chi connectivity index (χ0) is 14.6. The van der Waals surface area contributed by atoms with Crippen LogP contribution in [0.1, 0.15) is 12.0 Å². The van der Waals surface area contributed by atoms with Crippen LogP contribution in [0.15, 0.2) is 24.5 Å². The minimum atomic E-state index is -4.53. The van der Waals surface area contributed by atoms with Crippen LogP contribution in [0.4, 0.5) is 13.2 Å². The molecule has 0 bridgehead atoms. The van der Waals surface area contributed by atoms with Crippen molar-refractivity contribution in [3.8, 4) is 0 Å². The molecule has 7 heteroatoms. The standard InChI is InChI=1S/C13H16F3N3O/c14-13(15,16)12(4-7-18-9-12)11(20)19-6-3-10-2-1-5-17-8-10/h1-2,5,8,18H,3-4,6-7,9H2,(H,19,20). The zero-order valence-corrected chi connectivity index (χ0v) is 10.8. The summed E-state index contributed by atoms with van der Waals surface area (Å²) in [5, 5.41) is 5.01. The minimum Gasteiger partial charge on any atom is -0.355 e. The van der Waals surface area contributed by atoms with Crippen molar-refractivity contribution in [3.63, 3.8) is 0 Å². The largest absolute Gasteiger partial charge is 0.404 e. The van der Waals surface area contributed by atoms with Crippen molar-refractivity contribution in [1.29, 1.82) is 0 Å². The fraction of sp³-hybridized carbons (Fsp3) is 0.538. The average molecular weight is 287 g/mol. The minimum absolute atomic E-state index is 0.169. The molecule has 1 aliphatic heterocycles. The third-order valence-corrected chi connectivity index (χ3v) is 3.55. The first kappa shape index (κ1) is 14.8. The number of amides is 1. The van der Waals surface area contributed by atoms with E-state index in [-0.39, 0.29) is 26.1 Å². The normalized spacial score (nSPS) is 22.8. The van der Waals surface area contributed by atoms with Crippen molar-refractivity contribution in [2.24, 2.45) is 5.41 Å². The Morgan fingerprint density at radius 3 is 2.85 bits per heavy atom. The maximum atomic E-state index is 13.1. The molecule has 0 saturated carbocycles. The lowest BCUT2D eigenvalue weighted by atomic mass is 9.85. The number of aromatic nitrogens is 1. The molecule has 1 unspecified atom stereocenters. The Kier molecular flexibility index (Phi) is 4.27. The van der Waals surface area contributed by atoms with E-state index in [0.717, 1.165) is 5.56 Å². The summed E-state index contributed by atoms with van der Waals surface area (Å²) in [6.45, 7) is 0.0210. The van der Waals surface area contributed by atoms with Gasteiger partial charge in [0.15, 0.2) is 5.41 Å². The van der Waals surface area contributed by atoms with E-state index in [2.05, 4.69) is 15.6 Å². The molecule has 1 fully saturated rings. The molecule has 2 rings (SSSR count). The van der Waals surface area contributed by atoms with Gasteiger partial charge in [-0.2, -0.15) is 13.2 Å². The molecule has 20 heavy (non-hydrogen) atoms. The molecule has 110 valence electrons. The van der Waals surface area contributed by atoms with Crippen LogP contribution in [0, 0.1) is 5.41 Å². The monoisotopic (exact) mass is 287 g/mol. The number of carbonyl (C=O) groups is 1.